The highest BCUT2D eigenvalue weighted by atomic mass is 79.9. The van der Waals surface area contributed by atoms with Crippen LogP contribution in [0.5, 0.6) is 5.75 Å². The van der Waals surface area contributed by atoms with Gasteiger partial charge in [0.1, 0.15) is 19.0 Å². The molecule has 0 saturated heterocycles. The summed E-state index contributed by atoms with van der Waals surface area (Å²) in [6, 6.07) is 10.8. The van der Waals surface area contributed by atoms with Crippen LogP contribution in [0.4, 0.5) is 11.4 Å². The van der Waals surface area contributed by atoms with Crippen molar-refractivity contribution in [1.82, 2.24) is 0 Å². The largest absolute Gasteiger partial charge is 0.490 e. The Morgan fingerprint density at radius 1 is 1.17 bits per heavy atom. The van der Waals surface area contributed by atoms with Crippen molar-refractivity contribution in [2.45, 2.75) is 0 Å². The Labute approximate surface area is 140 Å². The van der Waals surface area contributed by atoms with Gasteiger partial charge in [-0.15, -0.1) is 0 Å². The van der Waals surface area contributed by atoms with Gasteiger partial charge in [0, 0.05) is 22.3 Å². The maximum absolute atomic E-state index is 11.9. The number of non-ortho nitro benzene ring substituents is 1. The molecule has 8 heteroatoms. The van der Waals surface area contributed by atoms with E-state index in [2.05, 4.69) is 15.9 Å². The number of anilines is 1. The lowest BCUT2D eigenvalue weighted by Crippen LogP contribution is -2.14. The highest BCUT2D eigenvalue weighted by molar-refractivity contribution is 9.10. The Kier molecular flexibility index (Phi) is 5.53. The van der Waals surface area contributed by atoms with Crippen molar-refractivity contribution < 1.29 is 19.2 Å². The zero-order valence-corrected chi connectivity index (χ0v) is 13.5. The number of nitro benzene ring substituents is 1. The molecule has 0 spiro atoms. The fourth-order valence-corrected chi connectivity index (χ4v) is 2.00. The van der Waals surface area contributed by atoms with E-state index in [9.17, 15) is 14.9 Å². The minimum Gasteiger partial charge on any atom is -0.490 e. The predicted molar refractivity (Wildman–Crippen MR) is 87.4 cm³/mol. The molecule has 0 amide bonds. The molecule has 0 radical (unpaired) electrons. The summed E-state index contributed by atoms with van der Waals surface area (Å²) in [5.74, 6) is -0.0929. The molecule has 0 bridgehead atoms. The lowest BCUT2D eigenvalue weighted by atomic mass is 10.1. The monoisotopic (exact) mass is 380 g/mol. The first-order valence-electron chi connectivity index (χ1n) is 6.57. The summed E-state index contributed by atoms with van der Waals surface area (Å²) in [5, 5.41) is 10.7. The van der Waals surface area contributed by atoms with E-state index in [1.54, 1.807) is 12.1 Å². The summed E-state index contributed by atoms with van der Waals surface area (Å²) in [7, 11) is 0. The molecule has 0 aliphatic carbocycles. The molecule has 2 aromatic rings. The number of halogens is 1. The van der Waals surface area contributed by atoms with Gasteiger partial charge >= 0.3 is 5.97 Å². The second-order valence-electron chi connectivity index (χ2n) is 4.47. The third-order valence-corrected chi connectivity index (χ3v) is 3.40. The van der Waals surface area contributed by atoms with E-state index in [1.807, 2.05) is 12.1 Å². The van der Waals surface area contributed by atoms with Gasteiger partial charge in [0.15, 0.2) is 0 Å². The first-order chi connectivity index (χ1) is 11.0. The standard InChI is InChI=1S/C15H13BrN2O5/c16-10-1-4-12(5-2-10)22-7-8-23-15(19)13-9-11(18(20)21)3-6-14(13)17/h1-6,9H,7-8,17H2. The molecule has 2 rings (SSSR count). The van der Waals surface area contributed by atoms with Gasteiger partial charge in [-0.05, 0) is 30.3 Å². The van der Waals surface area contributed by atoms with Crippen LogP contribution in [0, 0.1) is 10.1 Å². The molecule has 0 atom stereocenters. The number of nitrogens with zero attached hydrogens (tertiary/aromatic N) is 1. The van der Waals surface area contributed by atoms with Crippen LogP contribution >= 0.6 is 15.9 Å². The number of nitrogen functional groups attached to an aromatic ring is 1. The fraction of sp³-hybridized carbons (Fsp3) is 0.133. The third-order valence-electron chi connectivity index (χ3n) is 2.87. The number of esters is 1. The Bertz CT molecular complexity index is 718. The second kappa shape index (κ2) is 7.59. The Balaban J connectivity index is 1.88. The molecule has 0 unspecified atom stereocenters. The number of carbonyl (C=O) groups excluding carboxylic acids is 1. The van der Waals surface area contributed by atoms with Crippen molar-refractivity contribution in [3.63, 3.8) is 0 Å². The van der Waals surface area contributed by atoms with Crippen LogP contribution in [0.2, 0.25) is 0 Å². The molecule has 23 heavy (non-hydrogen) atoms. The summed E-state index contributed by atoms with van der Waals surface area (Å²) >= 11 is 3.31. The maximum Gasteiger partial charge on any atom is 0.340 e. The molecular formula is C15H13BrN2O5. The van der Waals surface area contributed by atoms with Gasteiger partial charge in [-0.25, -0.2) is 4.79 Å². The first-order valence-corrected chi connectivity index (χ1v) is 7.36. The van der Waals surface area contributed by atoms with Crippen molar-refractivity contribution in [3.8, 4) is 5.75 Å². The van der Waals surface area contributed by atoms with Crippen LogP contribution in [0.25, 0.3) is 0 Å². The summed E-state index contributed by atoms with van der Waals surface area (Å²) < 4.78 is 11.3. The van der Waals surface area contributed by atoms with Crippen molar-refractivity contribution in [1.29, 1.82) is 0 Å². The number of nitro groups is 1. The molecule has 2 N–H and O–H groups in total. The number of ether oxygens (including phenoxy) is 2. The van der Waals surface area contributed by atoms with Crippen LogP contribution in [-0.2, 0) is 4.74 Å². The van der Waals surface area contributed by atoms with Gasteiger partial charge in [0.05, 0.1) is 10.5 Å². The molecule has 120 valence electrons. The molecule has 0 fully saturated rings. The van der Waals surface area contributed by atoms with Crippen LogP contribution in [-0.4, -0.2) is 24.1 Å². The SMILES string of the molecule is Nc1ccc([N+](=O)[O-])cc1C(=O)OCCOc1ccc(Br)cc1. The number of carbonyl (C=O) groups is 1. The van der Waals surface area contributed by atoms with Crippen LogP contribution in [0.1, 0.15) is 10.4 Å². The number of nitrogens with two attached hydrogens (primary N) is 1. The van der Waals surface area contributed by atoms with Crippen molar-refractivity contribution in [3.05, 3.63) is 62.6 Å². The number of rotatable bonds is 6. The molecule has 0 aliphatic rings. The average molecular weight is 381 g/mol. The van der Waals surface area contributed by atoms with Crippen LogP contribution in [0.15, 0.2) is 46.9 Å². The lowest BCUT2D eigenvalue weighted by Gasteiger charge is -2.08. The van der Waals surface area contributed by atoms with E-state index in [1.165, 1.54) is 12.1 Å². The molecular weight excluding hydrogens is 368 g/mol. The van der Waals surface area contributed by atoms with Gasteiger partial charge < -0.3 is 15.2 Å². The summed E-state index contributed by atoms with van der Waals surface area (Å²) in [6.45, 7) is 0.152. The fourth-order valence-electron chi connectivity index (χ4n) is 1.74. The van der Waals surface area contributed by atoms with Crippen LogP contribution in [0.3, 0.4) is 0 Å². The quantitative estimate of drug-likeness (QED) is 0.271. The number of hydrogen-bond donors (Lipinski definition) is 1. The Morgan fingerprint density at radius 3 is 2.52 bits per heavy atom. The first kappa shape index (κ1) is 16.8. The van der Waals surface area contributed by atoms with E-state index in [0.29, 0.717) is 5.75 Å². The maximum atomic E-state index is 11.9. The smallest absolute Gasteiger partial charge is 0.340 e. The molecule has 2 aromatic carbocycles. The molecule has 0 heterocycles. The highest BCUT2D eigenvalue weighted by Crippen LogP contribution is 2.20. The van der Waals surface area contributed by atoms with E-state index in [-0.39, 0.29) is 30.2 Å². The topological polar surface area (TPSA) is 105 Å². The van der Waals surface area contributed by atoms with Gasteiger partial charge in [-0.1, -0.05) is 15.9 Å². The lowest BCUT2D eigenvalue weighted by molar-refractivity contribution is -0.384. The zero-order chi connectivity index (χ0) is 16.8. The van der Waals surface area contributed by atoms with Crippen molar-refractivity contribution in [2.75, 3.05) is 18.9 Å². The number of hydrogen-bond acceptors (Lipinski definition) is 6. The van der Waals surface area contributed by atoms with E-state index < -0.39 is 10.9 Å². The highest BCUT2D eigenvalue weighted by Gasteiger charge is 2.16. The summed E-state index contributed by atoms with van der Waals surface area (Å²) in [6.07, 6.45) is 0. The van der Waals surface area contributed by atoms with Crippen molar-refractivity contribution >= 4 is 33.3 Å². The van der Waals surface area contributed by atoms with Crippen molar-refractivity contribution in [2.24, 2.45) is 0 Å². The number of benzene rings is 2. The average Bonchev–Trinajstić information content (AvgIpc) is 2.53. The Hall–Kier alpha value is -2.61. The van der Waals surface area contributed by atoms with Gasteiger partial charge in [0.25, 0.3) is 5.69 Å². The minimum absolute atomic E-state index is 0.00295. The summed E-state index contributed by atoms with van der Waals surface area (Å²) in [5.41, 5.74) is 5.50. The van der Waals surface area contributed by atoms with E-state index in [0.717, 1.165) is 10.5 Å². The predicted octanol–water partition coefficient (Wildman–Crippen LogP) is 3.18. The van der Waals surface area contributed by atoms with Gasteiger partial charge in [0.2, 0.25) is 0 Å². The third kappa shape index (κ3) is 4.68. The van der Waals surface area contributed by atoms with E-state index in [4.69, 9.17) is 15.2 Å². The summed E-state index contributed by atoms with van der Waals surface area (Å²) in [4.78, 5) is 22.0. The molecule has 7 nitrogen and oxygen atoms in total. The normalized spacial score (nSPS) is 10.1. The second-order valence-corrected chi connectivity index (χ2v) is 5.38. The van der Waals surface area contributed by atoms with Gasteiger partial charge in [-0.2, -0.15) is 0 Å². The van der Waals surface area contributed by atoms with E-state index >= 15 is 0 Å². The molecule has 0 saturated carbocycles. The molecule has 0 aromatic heterocycles. The zero-order valence-electron chi connectivity index (χ0n) is 11.9. The van der Waals surface area contributed by atoms with Crippen LogP contribution < -0.4 is 10.5 Å². The molecule has 0 aliphatic heterocycles. The van der Waals surface area contributed by atoms with Gasteiger partial charge in [-0.3, -0.25) is 10.1 Å². The minimum atomic E-state index is -0.731. The Morgan fingerprint density at radius 2 is 1.87 bits per heavy atom.